The van der Waals surface area contributed by atoms with E-state index in [1.165, 1.54) is 0 Å². The average molecular weight is 358 g/mol. The third-order valence-corrected chi connectivity index (χ3v) is 4.16. The molecule has 0 atom stereocenters. The van der Waals surface area contributed by atoms with Gasteiger partial charge in [0.25, 0.3) is 0 Å². The van der Waals surface area contributed by atoms with Crippen LogP contribution in [0.4, 0.5) is 5.69 Å². The van der Waals surface area contributed by atoms with Gasteiger partial charge in [0, 0.05) is 42.3 Å². The summed E-state index contributed by atoms with van der Waals surface area (Å²) in [5.41, 5.74) is 10.2. The lowest BCUT2D eigenvalue weighted by atomic mass is 10.1. The third-order valence-electron chi connectivity index (χ3n) is 4.16. The molecule has 0 bridgehead atoms. The molecule has 3 heterocycles. The fourth-order valence-corrected chi connectivity index (χ4v) is 2.82. The molecule has 0 aliphatic heterocycles. The van der Waals surface area contributed by atoms with Crippen LogP contribution >= 0.6 is 0 Å². The average Bonchev–Trinajstić information content (AvgIpc) is 3.22. The first-order chi connectivity index (χ1) is 13.2. The van der Waals surface area contributed by atoms with Gasteiger partial charge >= 0.3 is 0 Å². The van der Waals surface area contributed by atoms with Crippen LogP contribution < -0.4 is 10.5 Å². The molecule has 3 aromatic heterocycles. The van der Waals surface area contributed by atoms with Crippen LogP contribution in [0.15, 0.2) is 67.5 Å². The zero-order valence-corrected chi connectivity index (χ0v) is 14.8. The van der Waals surface area contributed by atoms with Crippen LogP contribution in [0.5, 0.6) is 5.88 Å². The zero-order chi connectivity index (χ0) is 18.6. The van der Waals surface area contributed by atoms with Crippen molar-refractivity contribution in [1.82, 2.24) is 24.5 Å². The van der Waals surface area contributed by atoms with Crippen molar-refractivity contribution in [3.05, 3.63) is 73.1 Å². The lowest BCUT2D eigenvalue weighted by Gasteiger charge is -2.09. The Morgan fingerprint density at radius 2 is 2.04 bits per heavy atom. The maximum Gasteiger partial charge on any atom is 0.213 e. The van der Waals surface area contributed by atoms with Crippen LogP contribution in [0.25, 0.3) is 22.6 Å². The van der Waals surface area contributed by atoms with Gasteiger partial charge in [0.05, 0.1) is 31.0 Å². The van der Waals surface area contributed by atoms with Gasteiger partial charge in [-0.05, 0) is 17.7 Å². The molecule has 0 spiro atoms. The normalized spacial score (nSPS) is 10.7. The number of pyridine rings is 1. The maximum absolute atomic E-state index is 6.06. The molecule has 0 saturated heterocycles. The summed E-state index contributed by atoms with van der Waals surface area (Å²) in [5, 5.41) is 0. The second-order valence-corrected chi connectivity index (χ2v) is 6.01. The second kappa shape index (κ2) is 7.25. The fourth-order valence-electron chi connectivity index (χ4n) is 2.82. The van der Waals surface area contributed by atoms with Gasteiger partial charge in [0.1, 0.15) is 0 Å². The second-order valence-electron chi connectivity index (χ2n) is 6.01. The summed E-state index contributed by atoms with van der Waals surface area (Å²) in [4.78, 5) is 17.2. The number of benzene rings is 1. The van der Waals surface area contributed by atoms with Gasteiger partial charge < -0.3 is 15.0 Å². The number of hydrogen-bond acceptors (Lipinski definition) is 6. The molecule has 0 amide bonds. The minimum absolute atomic E-state index is 0.468. The Labute approximate surface area is 156 Å². The number of anilines is 1. The van der Waals surface area contributed by atoms with E-state index in [1.807, 2.05) is 29.0 Å². The molecule has 27 heavy (non-hydrogen) atoms. The molecule has 7 nitrogen and oxygen atoms in total. The zero-order valence-electron chi connectivity index (χ0n) is 14.8. The van der Waals surface area contributed by atoms with E-state index in [9.17, 15) is 0 Å². The number of methoxy groups -OCH3 is 1. The summed E-state index contributed by atoms with van der Waals surface area (Å²) in [6.45, 7) is 0.750. The molecule has 0 saturated carbocycles. The highest BCUT2D eigenvalue weighted by molar-refractivity contribution is 5.73. The lowest BCUT2D eigenvalue weighted by molar-refractivity contribution is 0.398. The molecule has 0 aliphatic carbocycles. The van der Waals surface area contributed by atoms with E-state index in [-0.39, 0.29) is 0 Å². The predicted molar refractivity (Wildman–Crippen MR) is 103 cm³/mol. The first-order valence-electron chi connectivity index (χ1n) is 8.41. The van der Waals surface area contributed by atoms with Crippen LogP contribution in [0, 0.1) is 0 Å². The lowest BCUT2D eigenvalue weighted by Crippen LogP contribution is -1.99. The molecule has 134 valence electrons. The van der Waals surface area contributed by atoms with Gasteiger partial charge in [-0.2, -0.15) is 0 Å². The molecule has 0 unspecified atom stereocenters. The number of nitrogen functional groups attached to an aromatic ring is 1. The summed E-state index contributed by atoms with van der Waals surface area (Å²) in [6.07, 6.45) is 8.79. The van der Waals surface area contributed by atoms with Gasteiger partial charge in [-0.1, -0.05) is 18.2 Å². The molecule has 1 aromatic carbocycles. The number of nitrogens with zero attached hydrogens (tertiary/aromatic N) is 5. The number of hydrogen-bond donors (Lipinski definition) is 1. The Kier molecular flexibility index (Phi) is 4.49. The number of aromatic nitrogens is 5. The van der Waals surface area contributed by atoms with E-state index in [4.69, 9.17) is 15.5 Å². The van der Waals surface area contributed by atoms with Crippen molar-refractivity contribution in [2.24, 2.45) is 0 Å². The van der Waals surface area contributed by atoms with E-state index in [0.29, 0.717) is 23.0 Å². The molecular formula is C20H18N6O. The topological polar surface area (TPSA) is 91.7 Å². The van der Waals surface area contributed by atoms with Crippen molar-refractivity contribution in [2.45, 2.75) is 6.54 Å². The summed E-state index contributed by atoms with van der Waals surface area (Å²) in [6, 6.07) is 11.9. The van der Waals surface area contributed by atoms with Crippen LogP contribution in [0.3, 0.4) is 0 Å². The standard InChI is InChI=1S/C20H18N6O/c1-27-19-10-16(17(21)11-24-19)20-23-6-5-18(25-20)15-4-2-3-14(9-15)12-26-8-7-22-13-26/h2-11,13H,12,21H2,1H3. The van der Waals surface area contributed by atoms with Crippen LogP contribution in [-0.4, -0.2) is 31.6 Å². The molecule has 0 fully saturated rings. The van der Waals surface area contributed by atoms with Crippen molar-refractivity contribution < 1.29 is 4.74 Å². The third kappa shape index (κ3) is 3.62. The highest BCUT2D eigenvalue weighted by atomic mass is 16.5. The Hall–Kier alpha value is -3.74. The molecule has 0 aliphatic rings. The van der Waals surface area contributed by atoms with Crippen molar-refractivity contribution in [3.63, 3.8) is 0 Å². The van der Waals surface area contributed by atoms with E-state index in [0.717, 1.165) is 23.4 Å². The van der Waals surface area contributed by atoms with Gasteiger partial charge in [0.2, 0.25) is 5.88 Å². The van der Waals surface area contributed by atoms with Crippen LogP contribution in [0.1, 0.15) is 5.56 Å². The first-order valence-corrected chi connectivity index (χ1v) is 8.41. The number of rotatable bonds is 5. The minimum atomic E-state index is 0.468. The van der Waals surface area contributed by atoms with Crippen molar-refractivity contribution in [3.8, 4) is 28.5 Å². The Bertz CT molecular complexity index is 1060. The van der Waals surface area contributed by atoms with E-state index in [1.54, 1.807) is 38.1 Å². The van der Waals surface area contributed by atoms with Crippen molar-refractivity contribution in [2.75, 3.05) is 12.8 Å². The highest BCUT2D eigenvalue weighted by Crippen LogP contribution is 2.27. The Morgan fingerprint density at radius 1 is 1.11 bits per heavy atom. The van der Waals surface area contributed by atoms with Gasteiger partial charge in [-0.3, -0.25) is 0 Å². The summed E-state index contributed by atoms with van der Waals surface area (Å²) in [7, 11) is 1.56. The Balaban J connectivity index is 1.69. The van der Waals surface area contributed by atoms with E-state index in [2.05, 4.69) is 27.1 Å². The van der Waals surface area contributed by atoms with Crippen molar-refractivity contribution in [1.29, 1.82) is 0 Å². The first kappa shape index (κ1) is 16.7. The smallest absolute Gasteiger partial charge is 0.213 e. The SMILES string of the molecule is COc1cc(-c2nccc(-c3cccc(Cn4ccnc4)c3)n2)c(N)cn1. The molecule has 0 radical (unpaired) electrons. The summed E-state index contributed by atoms with van der Waals surface area (Å²) >= 11 is 0. The predicted octanol–water partition coefficient (Wildman–Crippen LogP) is 3.04. The largest absolute Gasteiger partial charge is 0.481 e. The fraction of sp³-hybridized carbons (Fsp3) is 0.100. The minimum Gasteiger partial charge on any atom is -0.481 e. The number of ether oxygens (including phenoxy) is 1. The van der Waals surface area contributed by atoms with Crippen molar-refractivity contribution >= 4 is 5.69 Å². The number of nitrogens with two attached hydrogens (primary N) is 1. The molecule has 4 rings (SSSR count). The Morgan fingerprint density at radius 3 is 2.85 bits per heavy atom. The molecule has 4 aromatic rings. The van der Waals surface area contributed by atoms with Gasteiger partial charge in [-0.25, -0.2) is 19.9 Å². The van der Waals surface area contributed by atoms with E-state index >= 15 is 0 Å². The number of imidazole rings is 1. The molecular weight excluding hydrogens is 340 g/mol. The highest BCUT2D eigenvalue weighted by Gasteiger charge is 2.10. The summed E-state index contributed by atoms with van der Waals surface area (Å²) in [5.74, 6) is 1.00. The maximum atomic E-state index is 6.06. The molecule has 2 N–H and O–H groups in total. The monoisotopic (exact) mass is 358 g/mol. The quantitative estimate of drug-likeness (QED) is 0.589. The summed E-state index contributed by atoms with van der Waals surface area (Å²) < 4.78 is 7.20. The van der Waals surface area contributed by atoms with Gasteiger partial charge in [0.15, 0.2) is 5.82 Å². The van der Waals surface area contributed by atoms with Crippen LogP contribution in [0.2, 0.25) is 0 Å². The van der Waals surface area contributed by atoms with E-state index < -0.39 is 0 Å². The molecule has 7 heteroatoms. The van der Waals surface area contributed by atoms with Gasteiger partial charge in [-0.15, -0.1) is 0 Å². The van der Waals surface area contributed by atoms with Crippen LogP contribution in [-0.2, 0) is 6.54 Å².